The van der Waals surface area contributed by atoms with Crippen LogP contribution in [0.1, 0.15) is 36.7 Å². The Balaban J connectivity index is 2.10. The highest BCUT2D eigenvalue weighted by molar-refractivity contribution is 7.89. The number of hydrogen-bond acceptors (Lipinski definition) is 5. The van der Waals surface area contributed by atoms with Crippen LogP contribution in [0.25, 0.3) is 0 Å². The van der Waals surface area contributed by atoms with Crippen molar-refractivity contribution in [1.29, 1.82) is 0 Å². The van der Waals surface area contributed by atoms with Crippen LogP contribution in [0.4, 0.5) is 0 Å². The van der Waals surface area contributed by atoms with E-state index in [2.05, 4.69) is 10.0 Å². The maximum atomic E-state index is 12.6. The molecule has 7 nitrogen and oxygen atoms in total. The van der Waals surface area contributed by atoms with E-state index in [0.717, 1.165) is 11.6 Å². The summed E-state index contributed by atoms with van der Waals surface area (Å²) >= 11 is 6.03. The minimum Gasteiger partial charge on any atom is -0.452 e. The molecule has 0 aromatic heterocycles. The number of nitrogens with one attached hydrogen (secondary N) is 2. The van der Waals surface area contributed by atoms with Crippen molar-refractivity contribution in [3.63, 3.8) is 0 Å². The number of carbonyl (C=O) groups excluding carboxylic acids is 2. The smallest absolute Gasteiger partial charge is 0.338 e. The van der Waals surface area contributed by atoms with Crippen LogP contribution in [-0.2, 0) is 26.1 Å². The zero-order valence-electron chi connectivity index (χ0n) is 16.4. The second kappa shape index (κ2) is 9.39. The summed E-state index contributed by atoms with van der Waals surface area (Å²) in [5.41, 5.74) is 0.278. The summed E-state index contributed by atoms with van der Waals surface area (Å²) < 4.78 is 32.6. The number of carbonyl (C=O) groups is 2. The van der Waals surface area contributed by atoms with Gasteiger partial charge in [-0.15, -0.1) is 0 Å². The third-order valence-corrected chi connectivity index (χ3v) is 5.50. The first kappa shape index (κ1) is 22.9. The van der Waals surface area contributed by atoms with Crippen molar-refractivity contribution in [2.75, 3.05) is 6.61 Å². The Labute approximate surface area is 175 Å². The van der Waals surface area contributed by atoms with E-state index < -0.39 is 34.0 Å². The Morgan fingerprint density at radius 3 is 2.34 bits per heavy atom. The first-order valence-electron chi connectivity index (χ1n) is 8.79. The molecule has 9 heteroatoms. The lowest BCUT2D eigenvalue weighted by Gasteiger charge is -2.20. The summed E-state index contributed by atoms with van der Waals surface area (Å²) in [6.45, 7) is 4.98. The SMILES string of the molecule is CC(C)(C)NC(=O)COC(=O)c1ccc(Cl)c(S(=O)(=O)NCc2ccccc2)c1. The highest BCUT2D eigenvalue weighted by Crippen LogP contribution is 2.23. The van der Waals surface area contributed by atoms with Crippen LogP contribution >= 0.6 is 11.6 Å². The van der Waals surface area contributed by atoms with E-state index in [1.54, 1.807) is 45.0 Å². The predicted octanol–water partition coefficient (Wildman–Crippen LogP) is 2.89. The monoisotopic (exact) mass is 438 g/mol. The molecule has 156 valence electrons. The van der Waals surface area contributed by atoms with Gasteiger partial charge in [0.1, 0.15) is 4.90 Å². The predicted molar refractivity (Wildman–Crippen MR) is 110 cm³/mol. The fraction of sp³-hybridized carbons (Fsp3) is 0.300. The molecular weight excluding hydrogens is 416 g/mol. The minimum absolute atomic E-state index is 0.0296. The van der Waals surface area contributed by atoms with E-state index in [-0.39, 0.29) is 22.0 Å². The van der Waals surface area contributed by atoms with Gasteiger partial charge in [-0.25, -0.2) is 17.9 Å². The maximum absolute atomic E-state index is 12.6. The summed E-state index contributed by atoms with van der Waals surface area (Å²) in [7, 11) is -3.97. The molecule has 0 atom stereocenters. The summed E-state index contributed by atoms with van der Waals surface area (Å²) in [5, 5.41) is 2.63. The Hall–Kier alpha value is -2.42. The van der Waals surface area contributed by atoms with Crippen LogP contribution in [0.3, 0.4) is 0 Å². The molecule has 0 aliphatic heterocycles. The molecule has 0 saturated carbocycles. The fourth-order valence-corrected chi connectivity index (χ4v) is 3.90. The van der Waals surface area contributed by atoms with Crippen molar-refractivity contribution in [1.82, 2.24) is 10.0 Å². The summed E-state index contributed by atoms with van der Waals surface area (Å²) in [6.07, 6.45) is 0. The van der Waals surface area contributed by atoms with Crippen molar-refractivity contribution < 1.29 is 22.7 Å². The van der Waals surface area contributed by atoms with Crippen molar-refractivity contribution >= 4 is 33.5 Å². The standard InChI is InChI=1S/C20H23ClN2O5S/c1-20(2,3)23-18(24)13-28-19(25)15-9-10-16(21)17(11-15)29(26,27)22-12-14-7-5-4-6-8-14/h4-11,22H,12-13H2,1-3H3,(H,23,24). The van der Waals surface area contributed by atoms with E-state index in [9.17, 15) is 18.0 Å². The van der Waals surface area contributed by atoms with Gasteiger partial charge in [-0.1, -0.05) is 41.9 Å². The Bertz CT molecular complexity index is 986. The van der Waals surface area contributed by atoms with Crippen LogP contribution in [-0.4, -0.2) is 32.4 Å². The molecule has 2 N–H and O–H groups in total. The van der Waals surface area contributed by atoms with Gasteiger partial charge in [0, 0.05) is 12.1 Å². The Morgan fingerprint density at radius 2 is 1.72 bits per heavy atom. The lowest BCUT2D eigenvalue weighted by atomic mass is 10.1. The number of sulfonamides is 1. The summed E-state index contributed by atoms with van der Waals surface area (Å²) in [5.74, 6) is -1.29. The number of rotatable bonds is 7. The minimum atomic E-state index is -3.97. The van der Waals surface area contributed by atoms with Crippen LogP contribution in [0.5, 0.6) is 0 Å². The lowest BCUT2D eigenvalue weighted by Crippen LogP contribution is -2.42. The third kappa shape index (κ3) is 7.16. The van der Waals surface area contributed by atoms with Gasteiger partial charge in [-0.3, -0.25) is 4.79 Å². The van der Waals surface area contributed by atoms with Gasteiger partial charge in [0.2, 0.25) is 10.0 Å². The van der Waals surface area contributed by atoms with Gasteiger partial charge in [-0.2, -0.15) is 0 Å². The van der Waals surface area contributed by atoms with Crippen LogP contribution < -0.4 is 10.0 Å². The number of amides is 1. The fourth-order valence-electron chi connectivity index (χ4n) is 2.36. The molecule has 0 aliphatic rings. The molecule has 2 aromatic rings. The average molecular weight is 439 g/mol. The van der Waals surface area contributed by atoms with Gasteiger partial charge in [0.15, 0.2) is 6.61 Å². The normalized spacial score (nSPS) is 11.7. The maximum Gasteiger partial charge on any atom is 0.338 e. The second-order valence-corrected chi connectivity index (χ2v) is 9.47. The van der Waals surface area contributed by atoms with Crippen molar-refractivity contribution in [3.8, 4) is 0 Å². The van der Waals surface area contributed by atoms with Crippen molar-refractivity contribution in [2.24, 2.45) is 0 Å². The molecule has 0 aliphatic carbocycles. The molecule has 0 radical (unpaired) electrons. The molecule has 1 amide bonds. The zero-order valence-corrected chi connectivity index (χ0v) is 17.9. The first-order valence-corrected chi connectivity index (χ1v) is 10.7. The number of benzene rings is 2. The van der Waals surface area contributed by atoms with Gasteiger partial charge in [0.05, 0.1) is 10.6 Å². The van der Waals surface area contributed by atoms with E-state index >= 15 is 0 Å². The first-order chi connectivity index (χ1) is 13.5. The van der Waals surface area contributed by atoms with Crippen LogP contribution in [0, 0.1) is 0 Å². The number of esters is 1. The summed E-state index contributed by atoms with van der Waals surface area (Å²) in [6, 6.07) is 12.7. The number of halogens is 1. The van der Waals surface area contributed by atoms with E-state index in [4.69, 9.17) is 16.3 Å². The Kier molecular flexibility index (Phi) is 7.40. The third-order valence-electron chi connectivity index (χ3n) is 3.61. The van der Waals surface area contributed by atoms with Crippen LogP contribution in [0.2, 0.25) is 5.02 Å². The van der Waals surface area contributed by atoms with Crippen molar-refractivity contribution in [2.45, 2.75) is 37.8 Å². The molecule has 0 unspecified atom stereocenters. The second-order valence-electron chi connectivity index (χ2n) is 7.33. The molecule has 0 heterocycles. The highest BCUT2D eigenvalue weighted by atomic mass is 35.5. The molecule has 2 rings (SSSR count). The lowest BCUT2D eigenvalue weighted by molar-refractivity contribution is -0.125. The molecule has 0 bridgehead atoms. The van der Waals surface area contributed by atoms with Gasteiger partial charge < -0.3 is 10.1 Å². The topological polar surface area (TPSA) is 102 Å². The molecule has 2 aromatic carbocycles. The molecule has 29 heavy (non-hydrogen) atoms. The van der Waals surface area contributed by atoms with Gasteiger partial charge in [-0.05, 0) is 44.5 Å². The number of ether oxygens (including phenoxy) is 1. The average Bonchev–Trinajstić information content (AvgIpc) is 2.64. The Morgan fingerprint density at radius 1 is 1.07 bits per heavy atom. The van der Waals surface area contributed by atoms with Crippen LogP contribution in [0.15, 0.2) is 53.4 Å². The highest BCUT2D eigenvalue weighted by Gasteiger charge is 2.21. The largest absolute Gasteiger partial charge is 0.452 e. The quantitative estimate of drug-likeness (QED) is 0.647. The van der Waals surface area contributed by atoms with E-state index in [1.807, 2.05) is 6.07 Å². The molecule has 0 spiro atoms. The molecule has 0 saturated heterocycles. The molecular formula is C20H23ClN2O5S. The zero-order chi connectivity index (χ0) is 21.7. The van der Waals surface area contributed by atoms with Gasteiger partial charge in [0.25, 0.3) is 5.91 Å². The molecule has 0 fully saturated rings. The van der Waals surface area contributed by atoms with E-state index in [0.29, 0.717) is 0 Å². The van der Waals surface area contributed by atoms with Gasteiger partial charge >= 0.3 is 5.97 Å². The van der Waals surface area contributed by atoms with E-state index in [1.165, 1.54) is 12.1 Å². The number of hydrogen-bond donors (Lipinski definition) is 2. The summed E-state index contributed by atoms with van der Waals surface area (Å²) in [4.78, 5) is 23.8. The van der Waals surface area contributed by atoms with Crippen molar-refractivity contribution in [3.05, 3.63) is 64.7 Å².